The van der Waals surface area contributed by atoms with Gasteiger partial charge < -0.3 is 10.3 Å². The minimum absolute atomic E-state index is 0.0425. The smallest absolute Gasteiger partial charge is 0.268 e. The van der Waals surface area contributed by atoms with Crippen molar-refractivity contribution in [1.29, 1.82) is 0 Å². The van der Waals surface area contributed by atoms with Gasteiger partial charge in [-0.2, -0.15) is 0 Å². The topological polar surface area (TPSA) is 62.0 Å². The van der Waals surface area contributed by atoms with Crippen LogP contribution in [0.15, 0.2) is 48.5 Å². The van der Waals surface area contributed by atoms with E-state index in [-0.39, 0.29) is 17.7 Å². The lowest BCUT2D eigenvalue weighted by atomic mass is 9.95. The fourth-order valence-electron chi connectivity index (χ4n) is 3.66. The quantitative estimate of drug-likeness (QED) is 0.619. The maximum absolute atomic E-state index is 13.1. The maximum atomic E-state index is 13.1. The third-order valence-corrected chi connectivity index (χ3v) is 5.29. The summed E-state index contributed by atoms with van der Waals surface area (Å²) in [7, 11) is 0. The summed E-state index contributed by atoms with van der Waals surface area (Å²) in [5.41, 5.74) is 6.86. The van der Waals surface area contributed by atoms with Crippen LogP contribution in [-0.4, -0.2) is 16.7 Å². The predicted octanol–water partition coefficient (Wildman–Crippen LogP) is 4.97. The molecular weight excluding hydrogens is 348 g/mol. The standard InChI is InChI=1S/C24H26N2O2/c1-14-11-12-20(13-15(14)2)23(19-9-7-6-8-10-19)26-24(28)22-16(3)21(18(5)27)17(4)25-22/h6-13,23,25H,1-5H3,(H,26,28). The number of Topliss-reactive ketones (excluding diaryl/α,β-unsaturated/α-hetero) is 1. The first-order valence-electron chi connectivity index (χ1n) is 9.42. The summed E-state index contributed by atoms with van der Waals surface area (Å²) in [5.74, 6) is -0.265. The molecule has 4 nitrogen and oxygen atoms in total. The van der Waals surface area contributed by atoms with Gasteiger partial charge in [-0.3, -0.25) is 9.59 Å². The molecule has 0 radical (unpaired) electrons. The average molecular weight is 374 g/mol. The molecule has 2 aromatic carbocycles. The van der Waals surface area contributed by atoms with Crippen LogP contribution in [0.4, 0.5) is 0 Å². The zero-order valence-electron chi connectivity index (χ0n) is 17.0. The molecule has 2 N–H and O–H groups in total. The van der Waals surface area contributed by atoms with Gasteiger partial charge in [0.25, 0.3) is 5.91 Å². The molecule has 1 unspecified atom stereocenters. The molecule has 144 valence electrons. The first-order valence-corrected chi connectivity index (χ1v) is 9.42. The van der Waals surface area contributed by atoms with Crippen LogP contribution in [0.2, 0.25) is 0 Å². The summed E-state index contributed by atoms with van der Waals surface area (Å²) in [6.07, 6.45) is 0. The molecule has 0 saturated carbocycles. The lowest BCUT2D eigenvalue weighted by molar-refractivity contribution is 0.0937. The molecule has 0 bridgehead atoms. The van der Waals surface area contributed by atoms with Crippen molar-refractivity contribution >= 4 is 11.7 Å². The molecule has 0 saturated heterocycles. The van der Waals surface area contributed by atoms with Gasteiger partial charge in [-0.05, 0) is 62.4 Å². The van der Waals surface area contributed by atoms with Gasteiger partial charge >= 0.3 is 0 Å². The van der Waals surface area contributed by atoms with Crippen molar-refractivity contribution in [3.05, 3.63) is 93.3 Å². The van der Waals surface area contributed by atoms with Gasteiger partial charge in [0.1, 0.15) is 5.69 Å². The van der Waals surface area contributed by atoms with E-state index in [9.17, 15) is 9.59 Å². The van der Waals surface area contributed by atoms with Crippen LogP contribution in [0.3, 0.4) is 0 Å². The molecule has 4 heteroatoms. The third kappa shape index (κ3) is 3.77. The summed E-state index contributed by atoms with van der Waals surface area (Å²) in [6, 6.07) is 15.9. The summed E-state index contributed by atoms with van der Waals surface area (Å²) in [4.78, 5) is 28.1. The Morgan fingerprint density at radius 1 is 0.893 bits per heavy atom. The predicted molar refractivity (Wildman–Crippen MR) is 112 cm³/mol. The number of hydrogen-bond donors (Lipinski definition) is 2. The average Bonchev–Trinajstić information content (AvgIpc) is 2.97. The Bertz CT molecular complexity index is 1030. The highest BCUT2D eigenvalue weighted by Gasteiger charge is 2.23. The lowest BCUT2D eigenvalue weighted by Crippen LogP contribution is -2.30. The van der Waals surface area contributed by atoms with Gasteiger partial charge in [0.05, 0.1) is 6.04 Å². The summed E-state index contributed by atoms with van der Waals surface area (Å²) >= 11 is 0. The molecule has 1 amide bonds. The van der Waals surface area contributed by atoms with E-state index in [1.807, 2.05) is 50.2 Å². The van der Waals surface area contributed by atoms with E-state index in [4.69, 9.17) is 0 Å². The SMILES string of the molecule is CC(=O)c1c(C)[nH]c(C(=O)NC(c2ccccc2)c2ccc(C)c(C)c2)c1C. The zero-order valence-corrected chi connectivity index (χ0v) is 17.0. The second-order valence-electron chi connectivity index (χ2n) is 7.34. The van der Waals surface area contributed by atoms with Gasteiger partial charge in [0.15, 0.2) is 5.78 Å². The van der Waals surface area contributed by atoms with Crippen molar-refractivity contribution in [3.8, 4) is 0 Å². The molecule has 0 fully saturated rings. The Kier molecular flexibility index (Phi) is 5.50. The number of nitrogens with one attached hydrogen (secondary N) is 2. The molecule has 0 spiro atoms. The molecule has 0 aliphatic heterocycles. The first kappa shape index (κ1) is 19.6. The van der Waals surface area contributed by atoms with Crippen LogP contribution in [0.25, 0.3) is 0 Å². The summed E-state index contributed by atoms with van der Waals surface area (Å²) < 4.78 is 0. The highest BCUT2D eigenvalue weighted by Crippen LogP contribution is 2.26. The molecular formula is C24H26N2O2. The fraction of sp³-hybridized carbons (Fsp3) is 0.250. The Labute approximate surface area is 166 Å². The third-order valence-electron chi connectivity index (χ3n) is 5.29. The van der Waals surface area contributed by atoms with Gasteiger partial charge in [0, 0.05) is 11.3 Å². The van der Waals surface area contributed by atoms with Crippen molar-refractivity contribution in [2.45, 2.75) is 40.7 Å². The van der Waals surface area contributed by atoms with Gasteiger partial charge in [0.2, 0.25) is 0 Å². The van der Waals surface area contributed by atoms with E-state index in [0.29, 0.717) is 16.8 Å². The van der Waals surface area contributed by atoms with Crippen molar-refractivity contribution in [1.82, 2.24) is 10.3 Å². The molecule has 0 aliphatic carbocycles. The number of hydrogen-bond acceptors (Lipinski definition) is 2. The van der Waals surface area contributed by atoms with E-state index >= 15 is 0 Å². The summed E-state index contributed by atoms with van der Waals surface area (Å²) in [5, 5.41) is 3.15. The van der Waals surface area contributed by atoms with Crippen LogP contribution in [0.5, 0.6) is 0 Å². The number of H-pyrrole nitrogens is 1. The van der Waals surface area contributed by atoms with Gasteiger partial charge in [-0.15, -0.1) is 0 Å². The van der Waals surface area contributed by atoms with Crippen LogP contribution >= 0.6 is 0 Å². The molecule has 0 aliphatic rings. The van der Waals surface area contributed by atoms with E-state index in [1.54, 1.807) is 0 Å². The highest BCUT2D eigenvalue weighted by molar-refractivity contribution is 6.02. The monoisotopic (exact) mass is 374 g/mol. The number of benzene rings is 2. The van der Waals surface area contributed by atoms with E-state index in [1.165, 1.54) is 18.1 Å². The van der Waals surface area contributed by atoms with Crippen molar-refractivity contribution < 1.29 is 9.59 Å². The van der Waals surface area contributed by atoms with E-state index in [2.05, 4.69) is 36.3 Å². The number of amides is 1. The zero-order chi connectivity index (χ0) is 20.4. The van der Waals surface area contributed by atoms with Crippen LogP contribution in [0, 0.1) is 27.7 Å². The molecule has 1 heterocycles. The Morgan fingerprint density at radius 2 is 1.57 bits per heavy atom. The van der Waals surface area contributed by atoms with E-state index < -0.39 is 0 Å². The second kappa shape index (κ2) is 7.85. The molecule has 1 aromatic heterocycles. The van der Waals surface area contributed by atoms with Gasteiger partial charge in [-0.25, -0.2) is 0 Å². The molecule has 28 heavy (non-hydrogen) atoms. The Balaban J connectivity index is 2.01. The van der Waals surface area contributed by atoms with Gasteiger partial charge in [-0.1, -0.05) is 48.5 Å². The fourth-order valence-corrected chi connectivity index (χ4v) is 3.66. The second-order valence-corrected chi connectivity index (χ2v) is 7.34. The minimum Gasteiger partial charge on any atom is -0.354 e. The number of carbonyl (C=O) groups is 2. The Hall–Kier alpha value is -3.14. The maximum Gasteiger partial charge on any atom is 0.268 e. The largest absolute Gasteiger partial charge is 0.354 e. The number of aromatic amines is 1. The van der Waals surface area contributed by atoms with Crippen molar-refractivity contribution in [2.75, 3.05) is 0 Å². The van der Waals surface area contributed by atoms with Crippen molar-refractivity contribution in [2.24, 2.45) is 0 Å². The lowest BCUT2D eigenvalue weighted by Gasteiger charge is -2.21. The molecule has 3 aromatic rings. The number of carbonyl (C=O) groups excluding carboxylic acids is 2. The number of aromatic nitrogens is 1. The van der Waals surface area contributed by atoms with Crippen molar-refractivity contribution in [3.63, 3.8) is 0 Å². The van der Waals surface area contributed by atoms with E-state index in [0.717, 1.165) is 16.8 Å². The first-order chi connectivity index (χ1) is 13.3. The van der Waals surface area contributed by atoms with Crippen LogP contribution < -0.4 is 5.32 Å². The Morgan fingerprint density at radius 3 is 2.14 bits per heavy atom. The van der Waals surface area contributed by atoms with Crippen LogP contribution in [-0.2, 0) is 0 Å². The summed E-state index contributed by atoms with van der Waals surface area (Å²) in [6.45, 7) is 9.29. The number of ketones is 1. The molecule has 3 rings (SSSR count). The minimum atomic E-state index is -0.281. The van der Waals surface area contributed by atoms with Crippen LogP contribution in [0.1, 0.15) is 67.3 Å². The number of rotatable bonds is 5. The number of aryl methyl sites for hydroxylation is 3. The normalized spacial score (nSPS) is 11.9. The highest BCUT2D eigenvalue weighted by atomic mass is 16.2. The molecule has 1 atom stereocenters.